The Balaban J connectivity index is 2.13. The Morgan fingerprint density at radius 1 is 0.880 bits per heavy atom. The molecule has 0 radical (unpaired) electrons. The van der Waals surface area contributed by atoms with Crippen LogP contribution in [0.15, 0.2) is 72.9 Å². The van der Waals surface area contributed by atoms with Crippen LogP contribution in [0.1, 0.15) is 26.5 Å². The number of benzene rings is 2. The van der Waals surface area contributed by atoms with Crippen molar-refractivity contribution in [2.75, 3.05) is 0 Å². The summed E-state index contributed by atoms with van der Waals surface area (Å²) in [5, 5.41) is 6.87. The van der Waals surface area contributed by atoms with Crippen LogP contribution in [0.25, 0.3) is 0 Å². The molecular weight excluding hydrogens is 324 g/mol. The fraction of sp³-hybridized carbons (Fsp3) is 0.286. The molecular formula is C21H26N2OSi. The maximum Gasteiger partial charge on any atom is 0.261 e. The minimum Gasteiger partial charge on any atom is -0.402 e. The molecule has 0 bridgehead atoms. The van der Waals surface area contributed by atoms with Gasteiger partial charge in [-0.15, -0.1) is 0 Å². The molecule has 1 aromatic heterocycles. The van der Waals surface area contributed by atoms with Crippen LogP contribution >= 0.6 is 0 Å². The van der Waals surface area contributed by atoms with Crippen LogP contribution in [0.5, 0.6) is 0 Å². The van der Waals surface area contributed by atoms with E-state index in [1.807, 2.05) is 24.0 Å². The van der Waals surface area contributed by atoms with Crippen molar-refractivity contribution in [1.82, 2.24) is 9.78 Å². The van der Waals surface area contributed by atoms with E-state index in [9.17, 15) is 0 Å². The van der Waals surface area contributed by atoms with Crippen LogP contribution in [0, 0.1) is 0 Å². The molecule has 3 aromatic rings. The summed E-state index contributed by atoms with van der Waals surface area (Å²) in [4.78, 5) is 0. The van der Waals surface area contributed by atoms with Crippen LogP contribution in [0.3, 0.4) is 0 Å². The van der Waals surface area contributed by atoms with Crippen molar-refractivity contribution < 1.29 is 4.43 Å². The molecule has 0 spiro atoms. The third-order valence-corrected chi connectivity index (χ3v) is 9.76. The molecule has 0 atom stereocenters. The Morgan fingerprint density at radius 3 is 1.80 bits per heavy atom. The maximum atomic E-state index is 6.87. The van der Waals surface area contributed by atoms with Crippen molar-refractivity contribution in [2.45, 2.75) is 32.4 Å². The molecule has 2 aromatic carbocycles. The van der Waals surface area contributed by atoms with Gasteiger partial charge in [-0.25, -0.2) is 0 Å². The lowest BCUT2D eigenvalue weighted by molar-refractivity contribution is 0.276. The Bertz CT molecular complexity index is 767. The summed E-state index contributed by atoms with van der Waals surface area (Å²) >= 11 is 0. The van der Waals surface area contributed by atoms with E-state index in [0.717, 1.165) is 5.69 Å². The van der Waals surface area contributed by atoms with Gasteiger partial charge in [-0.05, 0) is 21.5 Å². The highest BCUT2D eigenvalue weighted by atomic mass is 28.4. The van der Waals surface area contributed by atoms with Crippen LogP contribution in [-0.4, -0.2) is 18.1 Å². The molecule has 25 heavy (non-hydrogen) atoms. The first-order chi connectivity index (χ1) is 11.9. The summed E-state index contributed by atoms with van der Waals surface area (Å²) < 4.78 is 8.76. The van der Waals surface area contributed by atoms with Gasteiger partial charge in [0.15, 0.2) is 0 Å². The zero-order valence-electron chi connectivity index (χ0n) is 15.4. The lowest BCUT2D eigenvalue weighted by Crippen LogP contribution is -2.66. The molecule has 4 heteroatoms. The first kappa shape index (κ1) is 17.6. The molecule has 0 unspecified atom stereocenters. The highest BCUT2D eigenvalue weighted by molar-refractivity contribution is 6.99. The first-order valence-electron chi connectivity index (χ1n) is 8.67. The maximum absolute atomic E-state index is 6.87. The van der Waals surface area contributed by atoms with Gasteiger partial charge in [-0.3, -0.25) is 4.68 Å². The lowest BCUT2D eigenvalue weighted by atomic mass is 10.2. The average Bonchev–Trinajstić information content (AvgIpc) is 3.01. The number of rotatable bonds is 5. The minimum atomic E-state index is -2.47. The van der Waals surface area contributed by atoms with Crippen molar-refractivity contribution in [3.8, 4) is 0 Å². The number of hydrogen-bond acceptors (Lipinski definition) is 2. The summed E-state index contributed by atoms with van der Waals surface area (Å²) in [6, 6.07) is 23.5. The van der Waals surface area contributed by atoms with Gasteiger partial charge >= 0.3 is 0 Å². The third-order valence-electron chi connectivity index (χ3n) is 4.78. The molecule has 0 N–H and O–H groups in total. The van der Waals surface area contributed by atoms with Gasteiger partial charge in [0.2, 0.25) is 0 Å². The number of hydrogen-bond donors (Lipinski definition) is 0. The molecule has 0 saturated carbocycles. The second kappa shape index (κ2) is 6.98. The summed E-state index contributed by atoms with van der Waals surface area (Å²) in [5.41, 5.74) is 1.09. The molecule has 0 amide bonds. The van der Waals surface area contributed by atoms with Crippen LogP contribution in [0.2, 0.25) is 5.04 Å². The molecule has 0 aliphatic heterocycles. The molecule has 0 aliphatic rings. The van der Waals surface area contributed by atoms with Crippen LogP contribution < -0.4 is 10.4 Å². The average molecular weight is 351 g/mol. The van der Waals surface area contributed by atoms with E-state index >= 15 is 0 Å². The predicted molar refractivity (Wildman–Crippen MR) is 106 cm³/mol. The fourth-order valence-electron chi connectivity index (χ4n) is 3.49. The van der Waals surface area contributed by atoms with Crippen molar-refractivity contribution in [1.29, 1.82) is 0 Å². The Hall–Kier alpha value is -2.17. The summed E-state index contributed by atoms with van der Waals surface area (Å²) in [5.74, 6) is 0. The van der Waals surface area contributed by atoms with Gasteiger partial charge < -0.3 is 4.43 Å². The van der Waals surface area contributed by atoms with Gasteiger partial charge in [-0.2, -0.15) is 5.10 Å². The fourth-order valence-corrected chi connectivity index (χ4v) is 8.01. The summed E-state index contributed by atoms with van der Waals surface area (Å²) in [6.45, 7) is 7.44. The summed E-state index contributed by atoms with van der Waals surface area (Å²) in [6.07, 6.45) is 1.82. The van der Waals surface area contributed by atoms with Gasteiger partial charge in [0, 0.05) is 13.2 Å². The molecule has 3 rings (SSSR count). The monoisotopic (exact) mass is 350 g/mol. The molecule has 0 fully saturated rings. The molecule has 3 nitrogen and oxygen atoms in total. The van der Waals surface area contributed by atoms with Crippen molar-refractivity contribution in [3.63, 3.8) is 0 Å². The van der Waals surface area contributed by atoms with Crippen molar-refractivity contribution >= 4 is 18.7 Å². The highest BCUT2D eigenvalue weighted by Gasteiger charge is 2.50. The number of nitrogens with zero attached hydrogens (tertiary/aromatic N) is 2. The Labute approximate surface area is 151 Å². The Morgan fingerprint density at radius 2 is 1.40 bits per heavy atom. The number of aryl methyl sites for hydroxylation is 1. The quantitative estimate of drug-likeness (QED) is 0.659. The standard InChI is InChI=1S/C21H26N2OSi/c1-21(2,3)25(19-11-7-5-8-12-19,20-13-9-6-10-14-20)24-17-18-15-16-22-23(18)4/h5-16H,17H2,1-4H3. The van der Waals surface area contributed by atoms with Crippen LogP contribution in [-0.2, 0) is 18.1 Å². The van der Waals surface area contributed by atoms with Crippen molar-refractivity contribution in [3.05, 3.63) is 78.6 Å². The van der Waals surface area contributed by atoms with Crippen molar-refractivity contribution in [2.24, 2.45) is 7.05 Å². The topological polar surface area (TPSA) is 27.1 Å². The second-order valence-electron chi connectivity index (χ2n) is 7.40. The van der Waals surface area contributed by atoms with Gasteiger partial charge in [-0.1, -0.05) is 81.4 Å². The van der Waals surface area contributed by atoms with Crippen LogP contribution in [0.4, 0.5) is 0 Å². The number of aromatic nitrogens is 2. The third kappa shape index (κ3) is 3.32. The highest BCUT2D eigenvalue weighted by Crippen LogP contribution is 2.37. The largest absolute Gasteiger partial charge is 0.402 e. The van der Waals surface area contributed by atoms with E-state index in [-0.39, 0.29) is 5.04 Å². The van der Waals surface area contributed by atoms with E-state index in [0.29, 0.717) is 6.61 Å². The molecule has 130 valence electrons. The predicted octanol–water partition coefficient (Wildman–Crippen LogP) is 3.50. The zero-order chi connectivity index (χ0) is 17.9. The normalized spacial score (nSPS) is 12.3. The lowest BCUT2D eigenvalue weighted by Gasteiger charge is -2.43. The molecule has 1 heterocycles. The minimum absolute atomic E-state index is 0.00566. The SMILES string of the molecule is Cn1nccc1CO[Si](c1ccccc1)(c1ccccc1)C(C)(C)C. The smallest absolute Gasteiger partial charge is 0.261 e. The van der Waals surface area contributed by atoms with Gasteiger partial charge in [0.05, 0.1) is 12.3 Å². The van der Waals surface area contributed by atoms with Gasteiger partial charge in [0.1, 0.15) is 0 Å². The van der Waals surface area contributed by atoms with E-state index in [1.54, 1.807) is 0 Å². The van der Waals surface area contributed by atoms with E-state index in [4.69, 9.17) is 4.43 Å². The molecule has 0 aliphatic carbocycles. The molecule has 0 saturated heterocycles. The zero-order valence-corrected chi connectivity index (χ0v) is 16.4. The van der Waals surface area contributed by atoms with E-state index in [1.165, 1.54) is 10.4 Å². The van der Waals surface area contributed by atoms with Gasteiger partial charge in [0.25, 0.3) is 8.32 Å². The van der Waals surface area contributed by atoms with E-state index < -0.39 is 8.32 Å². The Kier molecular flexibility index (Phi) is 4.93. The summed E-state index contributed by atoms with van der Waals surface area (Å²) in [7, 11) is -0.507. The first-order valence-corrected chi connectivity index (χ1v) is 10.6. The van der Waals surface area contributed by atoms with E-state index in [2.05, 4.69) is 86.5 Å². The second-order valence-corrected chi connectivity index (χ2v) is 11.7.